The number of fused-ring (bicyclic) bond motifs is 1. The van der Waals surface area contributed by atoms with Gasteiger partial charge in [-0.25, -0.2) is 0 Å². The fraction of sp³-hybridized carbons (Fsp3) is 0.611. The molecule has 0 spiro atoms. The molecule has 0 fully saturated rings. The van der Waals surface area contributed by atoms with Crippen molar-refractivity contribution >= 4 is 23.2 Å². The Bertz CT molecular complexity index is 550. The fourth-order valence-corrected chi connectivity index (χ4v) is 3.62. The molecule has 1 heterocycles. The fourth-order valence-electron chi connectivity index (χ4n) is 3.49. The molecule has 0 aromatic heterocycles. The highest BCUT2D eigenvalue weighted by Gasteiger charge is 2.39. The van der Waals surface area contributed by atoms with Gasteiger partial charge in [0, 0.05) is 23.5 Å². The molecule has 0 aliphatic carbocycles. The summed E-state index contributed by atoms with van der Waals surface area (Å²) in [5.41, 5.74) is 4.80. The lowest BCUT2D eigenvalue weighted by molar-refractivity contribution is -0.119. The van der Waals surface area contributed by atoms with Crippen LogP contribution in [0.1, 0.15) is 62.6 Å². The predicted molar refractivity (Wildman–Crippen MR) is 90.5 cm³/mol. The van der Waals surface area contributed by atoms with Gasteiger partial charge < -0.3 is 4.90 Å². The molecule has 0 saturated heterocycles. The third-order valence-electron chi connectivity index (χ3n) is 4.60. The van der Waals surface area contributed by atoms with Crippen LogP contribution in [0.4, 0.5) is 5.69 Å². The molecule has 2 rings (SSSR count). The van der Waals surface area contributed by atoms with Crippen LogP contribution in [0, 0.1) is 13.8 Å². The van der Waals surface area contributed by atoms with Crippen molar-refractivity contribution in [3.05, 3.63) is 28.8 Å². The molecule has 2 nitrogen and oxygen atoms in total. The maximum Gasteiger partial charge on any atom is 0.227 e. The maximum absolute atomic E-state index is 12.7. The molecule has 1 atom stereocenters. The molecule has 0 bridgehead atoms. The number of rotatable bonds is 3. The first kappa shape index (κ1) is 16.4. The van der Waals surface area contributed by atoms with Crippen LogP contribution in [-0.2, 0) is 4.79 Å². The second-order valence-corrected chi connectivity index (χ2v) is 7.31. The summed E-state index contributed by atoms with van der Waals surface area (Å²) in [6, 6.07) is 4.44. The average molecular weight is 308 g/mol. The number of amides is 1. The molecular formula is C18H26ClNO. The number of hydrogen-bond donors (Lipinski definition) is 0. The van der Waals surface area contributed by atoms with E-state index in [0.717, 1.165) is 18.5 Å². The Balaban J connectivity index is 2.50. The zero-order valence-electron chi connectivity index (χ0n) is 13.8. The number of carbonyl (C=O) groups excluding carboxylic acids is 1. The van der Waals surface area contributed by atoms with Gasteiger partial charge in [0.25, 0.3) is 0 Å². The standard InChI is InChI=1S/C18H26ClNO/c1-12-9-15-14(3)11-18(4,5)20(16(15)10-13(12)2)17(21)7-6-8-19/h9-10,14H,6-8,11H2,1-5H3. The first-order valence-corrected chi connectivity index (χ1v) is 8.31. The second kappa shape index (κ2) is 6.00. The molecule has 0 N–H and O–H groups in total. The second-order valence-electron chi connectivity index (χ2n) is 6.93. The van der Waals surface area contributed by atoms with Crippen molar-refractivity contribution in [2.24, 2.45) is 0 Å². The van der Waals surface area contributed by atoms with Gasteiger partial charge in [-0.15, -0.1) is 11.6 Å². The van der Waals surface area contributed by atoms with Gasteiger partial charge in [-0.2, -0.15) is 0 Å². The minimum Gasteiger partial charge on any atom is -0.307 e. The monoisotopic (exact) mass is 307 g/mol. The van der Waals surface area contributed by atoms with Crippen molar-refractivity contribution in [1.29, 1.82) is 0 Å². The average Bonchev–Trinajstić information content (AvgIpc) is 2.38. The molecule has 1 aromatic rings. The minimum absolute atomic E-state index is 0.141. The first-order valence-electron chi connectivity index (χ1n) is 7.78. The molecule has 1 amide bonds. The van der Waals surface area contributed by atoms with Crippen molar-refractivity contribution in [3.63, 3.8) is 0 Å². The topological polar surface area (TPSA) is 20.3 Å². The van der Waals surface area contributed by atoms with E-state index in [2.05, 4.69) is 46.8 Å². The van der Waals surface area contributed by atoms with E-state index in [-0.39, 0.29) is 11.4 Å². The quantitative estimate of drug-likeness (QED) is 0.724. The van der Waals surface area contributed by atoms with Gasteiger partial charge in [0.15, 0.2) is 0 Å². The third kappa shape index (κ3) is 3.11. The van der Waals surface area contributed by atoms with Crippen LogP contribution in [0.15, 0.2) is 12.1 Å². The van der Waals surface area contributed by atoms with E-state index in [9.17, 15) is 4.79 Å². The van der Waals surface area contributed by atoms with Gasteiger partial charge in [0.1, 0.15) is 0 Å². The van der Waals surface area contributed by atoms with Gasteiger partial charge in [-0.3, -0.25) is 4.79 Å². The van der Waals surface area contributed by atoms with Gasteiger partial charge in [-0.05, 0) is 69.2 Å². The molecular weight excluding hydrogens is 282 g/mol. The van der Waals surface area contributed by atoms with Crippen molar-refractivity contribution in [3.8, 4) is 0 Å². The molecule has 0 saturated carbocycles. The third-order valence-corrected chi connectivity index (χ3v) is 4.87. The van der Waals surface area contributed by atoms with Crippen molar-refractivity contribution in [2.45, 2.75) is 65.3 Å². The van der Waals surface area contributed by atoms with E-state index >= 15 is 0 Å². The lowest BCUT2D eigenvalue weighted by Crippen LogP contribution is -2.51. The lowest BCUT2D eigenvalue weighted by Gasteiger charge is -2.46. The zero-order chi connectivity index (χ0) is 15.8. The van der Waals surface area contributed by atoms with Gasteiger partial charge >= 0.3 is 0 Å². The molecule has 1 aliphatic heterocycles. The normalized spacial score (nSPS) is 20.3. The van der Waals surface area contributed by atoms with Gasteiger partial charge in [0.2, 0.25) is 5.91 Å². The molecule has 3 heteroatoms. The summed E-state index contributed by atoms with van der Waals surface area (Å²) >= 11 is 5.75. The number of benzene rings is 1. The van der Waals surface area contributed by atoms with E-state index < -0.39 is 0 Å². The summed E-state index contributed by atoms with van der Waals surface area (Å²) < 4.78 is 0. The number of alkyl halides is 1. The summed E-state index contributed by atoms with van der Waals surface area (Å²) in [6.45, 7) is 10.8. The summed E-state index contributed by atoms with van der Waals surface area (Å²) in [7, 11) is 0. The summed E-state index contributed by atoms with van der Waals surface area (Å²) in [6.07, 6.45) is 2.26. The largest absolute Gasteiger partial charge is 0.307 e. The Kier molecular flexibility index (Phi) is 4.67. The van der Waals surface area contributed by atoms with Crippen LogP contribution in [0.25, 0.3) is 0 Å². The Morgan fingerprint density at radius 1 is 1.33 bits per heavy atom. The molecule has 1 unspecified atom stereocenters. The Morgan fingerprint density at radius 2 is 1.95 bits per heavy atom. The molecule has 21 heavy (non-hydrogen) atoms. The maximum atomic E-state index is 12.7. The molecule has 0 radical (unpaired) electrons. The summed E-state index contributed by atoms with van der Waals surface area (Å²) in [4.78, 5) is 14.7. The highest BCUT2D eigenvalue weighted by Crippen LogP contribution is 2.44. The number of nitrogens with zero attached hydrogens (tertiary/aromatic N) is 1. The Morgan fingerprint density at radius 3 is 2.57 bits per heavy atom. The van der Waals surface area contributed by atoms with E-state index in [0.29, 0.717) is 18.2 Å². The highest BCUT2D eigenvalue weighted by molar-refractivity contribution is 6.18. The van der Waals surface area contributed by atoms with Crippen LogP contribution in [0.2, 0.25) is 0 Å². The summed E-state index contributed by atoms with van der Waals surface area (Å²) in [5.74, 6) is 1.21. The van der Waals surface area contributed by atoms with Crippen LogP contribution < -0.4 is 4.90 Å². The summed E-state index contributed by atoms with van der Waals surface area (Å²) in [5, 5.41) is 0. The number of hydrogen-bond acceptors (Lipinski definition) is 1. The van der Waals surface area contributed by atoms with Gasteiger partial charge in [0.05, 0.1) is 0 Å². The minimum atomic E-state index is -0.141. The van der Waals surface area contributed by atoms with Crippen LogP contribution in [-0.4, -0.2) is 17.3 Å². The van der Waals surface area contributed by atoms with Crippen molar-refractivity contribution < 1.29 is 4.79 Å². The SMILES string of the molecule is Cc1cc2c(cc1C)N(C(=O)CCCCl)C(C)(C)CC2C. The van der Waals surface area contributed by atoms with E-state index in [1.54, 1.807) is 0 Å². The number of carbonyl (C=O) groups is 1. The van der Waals surface area contributed by atoms with Crippen LogP contribution in [0.3, 0.4) is 0 Å². The number of aryl methyl sites for hydroxylation is 2. The molecule has 1 aliphatic rings. The van der Waals surface area contributed by atoms with Crippen molar-refractivity contribution in [2.75, 3.05) is 10.8 Å². The smallest absolute Gasteiger partial charge is 0.227 e. The first-order chi connectivity index (χ1) is 9.77. The molecule has 1 aromatic carbocycles. The number of anilines is 1. The van der Waals surface area contributed by atoms with E-state index in [1.165, 1.54) is 16.7 Å². The Labute approximate surface area is 133 Å². The number of halogens is 1. The predicted octanol–water partition coefficient (Wildman–Crippen LogP) is 4.94. The lowest BCUT2D eigenvalue weighted by atomic mass is 9.79. The van der Waals surface area contributed by atoms with Crippen LogP contribution in [0.5, 0.6) is 0 Å². The molecule has 116 valence electrons. The highest BCUT2D eigenvalue weighted by atomic mass is 35.5. The van der Waals surface area contributed by atoms with Gasteiger partial charge in [-0.1, -0.05) is 13.0 Å². The van der Waals surface area contributed by atoms with E-state index in [1.807, 2.05) is 4.90 Å². The zero-order valence-corrected chi connectivity index (χ0v) is 14.5. The van der Waals surface area contributed by atoms with Crippen LogP contribution >= 0.6 is 11.6 Å². The van der Waals surface area contributed by atoms with E-state index in [4.69, 9.17) is 11.6 Å². The van der Waals surface area contributed by atoms with Crippen molar-refractivity contribution in [1.82, 2.24) is 0 Å². The Hall–Kier alpha value is -1.02.